The first-order chi connectivity index (χ1) is 7.77. The van der Waals surface area contributed by atoms with Gasteiger partial charge in [0.1, 0.15) is 0 Å². The van der Waals surface area contributed by atoms with E-state index in [1.54, 1.807) is 0 Å². The lowest BCUT2D eigenvalue weighted by atomic mass is 10.00. The third kappa shape index (κ3) is 4.18. The standard InChI is InChI=1S/C15H23N/c1-4-6-7-9-14(8-5-2)15-10-11-16-13(3)12-15/h9-12H,4-8H2,1-3H3/b14-9+. The molecular formula is C15H23N. The zero-order valence-corrected chi connectivity index (χ0v) is 10.8. The molecule has 0 aromatic carbocycles. The van der Waals surface area contributed by atoms with Crippen LogP contribution >= 0.6 is 0 Å². The highest BCUT2D eigenvalue weighted by molar-refractivity contribution is 5.65. The molecule has 0 atom stereocenters. The minimum atomic E-state index is 1.11. The van der Waals surface area contributed by atoms with Crippen molar-refractivity contribution in [2.45, 2.75) is 52.9 Å². The lowest BCUT2D eigenvalue weighted by Gasteiger charge is -2.07. The fraction of sp³-hybridized carbons (Fsp3) is 0.533. The highest BCUT2D eigenvalue weighted by Gasteiger charge is 2.00. The fourth-order valence-corrected chi connectivity index (χ4v) is 1.86. The van der Waals surface area contributed by atoms with E-state index in [1.807, 2.05) is 6.20 Å². The molecule has 1 nitrogen and oxygen atoms in total. The number of hydrogen-bond donors (Lipinski definition) is 0. The Morgan fingerprint density at radius 3 is 2.75 bits per heavy atom. The van der Waals surface area contributed by atoms with Crippen LogP contribution in [0, 0.1) is 6.92 Å². The van der Waals surface area contributed by atoms with Crippen molar-refractivity contribution in [3.05, 3.63) is 35.7 Å². The van der Waals surface area contributed by atoms with Crippen molar-refractivity contribution in [3.8, 4) is 0 Å². The summed E-state index contributed by atoms with van der Waals surface area (Å²) in [6, 6.07) is 4.31. The molecule has 1 aromatic heterocycles. The topological polar surface area (TPSA) is 12.9 Å². The Labute approximate surface area is 99.6 Å². The van der Waals surface area contributed by atoms with E-state index in [2.05, 4.69) is 44.0 Å². The summed E-state index contributed by atoms with van der Waals surface area (Å²) in [6.07, 6.45) is 10.5. The van der Waals surface area contributed by atoms with Gasteiger partial charge in [0.25, 0.3) is 0 Å². The molecule has 88 valence electrons. The van der Waals surface area contributed by atoms with Crippen LogP contribution < -0.4 is 0 Å². The Kier molecular flexibility index (Phi) is 5.84. The predicted octanol–water partition coefficient (Wildman–Crippen LogP) is 4.76. The van der Waals surface area contributed by atoms with E-state index in [0.717, 1.165) is 5.69 Å². The van der Waals surface area contributed by atoms with E-state index >= 15 is 0 Å². The van der Waals surface area contributed by atoms with Crippen LogP contribution in [-0.2, 0) is 0 Å². The van der Waals surface area contributed by atoms with E-state index < -0.39 is 0 Å². The van der Waals surface area contributed by atoms with Crippen molar-refractivity contribution in [1.82, 2.24) is 4.98 Å². The van der Waals surface area contributed by atoms with Crippen LogP contribution in [0.2, 0.25) is 0 Å². The average Bonchev–Trinajstić information content (AvgIpc) is 2.28. The van der Waals surface area contributed by atoms with Gasteiger partial charge in [0.2, 0.25) is 0 Å². The third-order valence-corrected chi connectivity index (χ3v) is 2.74. The molecular weight excluding hydrogens is 194 g/mol. The predicted molar refractivity (Wildman–Crippen MR) is 71.4 cm³/mol. The molecule has 1 heteroatoms. The molecule has 0 amide bonds. The number of aryl methyl sites for hydroxylation is 1. The number of unbranched alkanes of at least 4 members (excludes halogenated alkanes) is 2. The summed E-state index contributed by atoms with van der Waals surface area (Å²) >= 11 is 0. The third-order valence-electron chi connectivity index (χ3n) is 2.74. The second kappa shape index (κ2) is 7.21. The quantitative estimate of drug-likeness (QED) is 0.626. The minimum Gasteiger partial charge on any atom is -0.262 e. The first kappa shape index (κ1) is 13.0. The van der Waals surface area contributed by atoms with Gasteiger partial charge in [-0.2, -0.15) is 0 Å². The Morgan fingerprint density at radius 1 is 1.31 bits per heavy atom. The van der Waals surface area contributed by atoms with Crippen LogP contribution in [0.4, 0.5) is 0 Å². The van der Waals surface area contributed by atoms with Crippen LogP contribution in [0.1, 0.15) is 57.2 Å². The molecule has 0 spiro atoms. The SMILES string of the molecule is CCCC/C=C(\CCC)c1ccnc(C)c1. The molecule has 16 heavy (non-hydrogen) atoms. The van der Waals surface area contributed by atoms with Crippen LogP contribution in [0.25, 0.3) is 5.57 Å². The van der Waals surface area contributed by atoms with Gasteiger partial charge in [-0.05, 0) is 43.0 Å². The summed E-state index contributed by atoms with van der Waals surface area (Å²) in [5.74, 6) is 0. The normalized spacial score (nSPS) is 11.8. The smallest absolute Gasteiger partial charge is 0.0378 e. The van der Waals surface area contributed by atoms with E-state index in [-0.39, 0.29) is 0 Å². The van der Waals surface area contributed by atoms with Crippen LogP contribution in [0.5, 0.6) is 0 Å². The molecule has 1 heterocycles. The molecule has 0 aliphatic heterocycles. The number of aromatic nitrogens is 1. The molecule has 0 radical (unpaired) electrons. The van der Waals surface area contributed by atoms with Gasteiger partial charge in [0.15, 0.2) is 0 Å². The molecule has 0 saturated heterocycles. The van der Waals surface area contributed by atoms with Crippen LogP contribution in [-0.4, -0.2) is 4.98 Å². The summed E-state index contributed by atoms with van der Waals surface area (Å²) in [5, 5.41) is 0. The van der Waals surface area contributed by atoms with Gasteiger partial charge in [0, 0.05) is 11.9 Å². The van der Waals surface area contributed by atoms with Crippen molar-refractivity contribution >= 4 is 5.57 Å². The number of allylic oxidation sites excluding steroid dienone is 2. The summed E-state index contributed by atoms with van der Waals surface area (Å²) in [5.41, 5.74) is 3.95. The van der Waals surface area contributed by atoms with E-state index in [0.29, 0.717) is 0 Å². The molecule has 0 N–H and O–H groups in total. The molecule has 0 aliphatic carbocycles. The van der Waals surface area contributed by atoms with Gasteiger partial charge in [0.05, 0.1) is 0 Å². The lowest BCUT2D eigenvalue weighted by molar-refractivity contribution is 0.812. The van der Waals surface area contributed by atoms with E-state index in [4.69, 9.17) is 0 Å². The molecule has 0 bridgehead atoms. The zero-order valence-electron chi connectivity index (χ0n) is 10.8. The van der Waals surface area contributed by atoms with Crippen molar-refractivity contribution in [1.29, 1.82) is 0 Å². The van der Waals surface area contributed by atoms with Crippen LogP contribution in [0.15, 0.2) is 24.4 Å². The van der Waals surface area contributed by atoms with Crippen LogP contribution in [0.3, 0.4) is 0 Å². The van der Waals surface area contributed by atoms with Gasteiger partial charge in [-0.25, -0.2) is 0 Å². The monoisotopic (exact) mass is 217 g/mol. The average molecular weight is 217 g/mol. The largest absolute Gasteiger partial charge is 0.262 e. The first-order valence-corrected chi connectivity index (χ1v) is 6.40. The number of hydrogen-bond acceptors (Lipinski definition) is 1. The Hall–Kier alpha value is -1.11. The molecule has 0 aliphatic rings. The molecule has 0 fully saturated rings. The van der Waals surface area contributed by atoms with Crippen molar-refractivity contribution in [2.75, 3.05) is 0 Å². The maximum absolute atomic E-state index is 4.25. The summed E-state index contributed by atoms with van der Waals surface area (Å²) < 4.78 is 0. The van der Waals surface area contributed by atoms with Crippen molar-refractivity contribution in [3.63, 3.8) is 0 Å². The first-order valence-electron chi connectivity index (χ1n) is 6.40. The molecule has 0 saturated carbocycles. The number of rotatable bonds is 6. The fourth-order valence-electron chi connectivity index (χ4n) is 1.86. The maximum atomic E-state index is 4.25. The summed E-state index contributed by atoms with van der Waals surface area (Å²) in [4.78, 5) is 4.25. The van der Waals surface area contributed by atoms with Gasteiger partial charge >= 0.3 is 0 Å². The highest BCUT2D eigenvalue weighted by Crippen LogP contribution is 2.21. The van der Waals surface area contributed by atoms with Gasteiger partial charge in [-0.1, -0.05) is 39.2 Å². The maximum Gasteiger partial charge on any atom is 0.0378 e. The molecule has 1 aromatic rings. The second-order valence-corrected chi connectivity index (χ2v) is 4.31. The number of pyridine rings is 1. The van der Waals surface area contributed by atoms with Crippen molar-refractivity contribution < 1.29 is 0 Å². The Bertz CT molecular complexity index is 339. The second-order valence-electron chi connectivity index (χ2n) is 4.31. The minimum absolute atomic E-state index is 1.11. The number of nitrogens with zero attached hydrogens (tertiary/aromatic N) is 1. The highest BCUT2D eigenvalue weighted by atomic mass is 14.6. The zero-order chi connectivity index (χ0) is 11.8. The Morgan fingerprint density at radius 2 is 2.12 bits per heavy atom. The van der Waals surface area contributed by atoms with E-state index in [1.165, 1.54) is 43.2 Å². The van der Waals surface area contributed by atoms with E-state index in [9.17, 15) is 0 Å². The lowest BCUT2D eigenvalue weighted by Crippen LogP contribution is -1.88. The van der Waals surface area contributed by atoms with Crippen molar-refractivity contribution in [2.24, 2.45) is 0 Å². The summed E-state index contributed by atoms with van der Waals surface area (Å²) in [7, 11) is 0. The van der Waals surface area contributed by atoms with Gasteiger partial charge < -0.3 is 0 Å². The Balaban J connectivity index is 2.80. The van der Waals surface area contributed by atoms with Gasteiger partial charge in [-0.15, -0.1) is 0 Å². The van der Waals surface area contributed by atoms with Gasteiger partial charge in [-0.3, -0.25) is 4.98 Å². The molecule has 0 unspecified atom stereocenters. The summed E-state index contributed by atoms with van der Waals surface area (Å²) in [6.45, 7) is 6.53. The molecule has 1 rings (SSSR count).